The van der Waals surface area contributed by atoms with Crippen LogP contribution in [0.25, 0.3) is 0 Å². The molecule has 1 unspecified atom stereocenters. The van der Waals surface area contributed by atoms with Crippen LogP contribution >= 0.6 is 23.2 Å². The molecule has 1 aliphatic heterocycles. The Kier molecular flexibility index (Phi) is 9.73. The largest absolute Gasteiger partial charge is 0.356 e. The van der Waals surface area contributed by atoms with Crippen molar-refractivity contribution in [1.29, 1.82) is 0 Å². The molecule has 0 bridgehead atoms. The van der Waals surface area contributed by atoms with Gasteiger partial charge in [-0.1, -0.05) is 62.4 Å². The van der Waals surface area contributed by atoms with Crippen molar-refractivity contribution in [3.05, 3.63) is 33.8 Å². The van der Waals surface area contributed by atoms with Crippen LogP contribution in [0.5, 0.6) is 0 Å². The number of benzene rings is 1. The van der Waals surface area contributed by atoms with Gasteiger partial charge in [-0.25, -0.2) is 12.7 Å². The fraction of sp³-hybridized carbons (Fsp3) is 0.667. The summed E-state index contributed by atoms with van der Waals surface area (Å²) in [6.07, 6.45) is 5.64. The molecule has 2 rings (SSSR count). The molecule has 1 fully saturated rings. The van der Waals surface area contributed by atoms with Gasteiger partial charge in [-0.2, -0.15) is 0 Å². The predicted octanol–water partition coefficient (Wildman–Crippen LogP) is 4.87. The number of carbonyl (C=O) groups excluding carboxylic acids is 1. The minimum atomic E-state index is -3.49. The summed E-state index contributed by atoms with van der Waals surface area (Å²) >= 11 is 12.0. The van der Waals surface area contributed by atoms with Gasteiger partial charge in [-0.3, -0.25) is 4.79 Å². The third kappa shape index (κ3) is 7.42. The number of piperidine rings is 1. The molecular weight excluding hydrogens is 431 g/mol. The highest BCUT2D eigenvalue weighted by Crippen LogP contribution is 2.26. The second kappa shape index (κ2) is 11.5. The average molecular weight is 463 g/mol. The summed E-state index contributed by atoms with van der Waals surface area (Å²) in [4.78, 5) is 12.5. The first-order chi connectivity index (χ1) is 13.8. The first-order valence-electron chi connectivity index (χ1n) is 10.5. The number of rotatable bonds is 10. The van der Waals surface area contributed by atoms with Crippen LogP contribution in [-0.4, -0.2) is 38.3 Å². The third-order valence-electron chi connectivity index (χ3n) is 5.68. The zero-order chi connectivity index (χ0) is 21.4. The molecule has 0 aromatic heterocycles. The Morgan fingerprint density at radius 1 is 1.24 bits per heavy atom. The quantitative estimate of drug-likeness (QED) is 0.539. The fourth-order valence-corrected chi connectivity index (χ4v) is 5.80. The van der Waals surface area contributed by atoms with Gasteiger partial charge in [0.15, 0.2) is 0 Å². The molecule has 1 heterocycles. The molecule has 1 aliphatic rings. The van der Waals surface area contributed by atoms with Crippen molar-refractivity contribution in [3.63, 3.8) is 0 Å². The lowest BCUT2D eigenvalue weighted by Gasteiger charge is -2.31. The van der Waals surface area contributed by atoms with E-state index in [9.17, 15) is 13.2 Å². The zero-order valence-corrected chi connectivity index (χ0v) is 19.6. The first kappa shape index (κ1) is 24.4. The zero-order valence-electron chi connectivity index (χ0n) is 17.3. The molecule has 1 atom stereocenters. The molecule has 5 nitrogen and oxygen atoms in total. The molecule has 1 N–H and O–H groups in total. The molecule has 1 amide bonds. The number of halogens is 2. The van der Waals surface area contributed by atoms with E-state index in [4.69, 9.17) is 23.2 Å². The highest BCUT2D eigenvalue weighted by atomic mass is 35.5. The predicted molar refractivity (Wildman–Crippen MR) is 120 cm³/mol. The molecule has 1 saturated heterocycles. The van der Waals surface area contributed by atoms with E-state index in [1.807, 2.05) is 0 Å². The second-order valence-corrected chi connectivity index (χ2v) is 10.6. The molecule has 0 spiro atoms. The Hall–Kier alpha value is -0.820. The van der Waals surface area contributed by atoms with Crippen LogP contribution in [0.1, 0.15) is 57.9 Å². The van der Waals surface area contributed by atoms with Crippen LogP contribution in [0.3, 0.4) is 0 Å². The maximum absolute atomic E-state index is 12.8. The van der Waals surface area contributed by atoms with Crippen molar-refractivity contribution in [1.82, 2.24) is 9.62 Å². The van der Waals surface area contributed by atoms with Gasteiger partial charge in [0.05, 0.1) is 5.75 Å². The van der Waals surface area contributed by atoms with E-state index in [1.54, 1.807) is 18.2 Å². The highest BCUT2D eigenvalue weighted by molar-refractivity contribution is 7.88. The molecule has 1 aromatic carbocycles. The minimum Gasteiger partial charge on any atom is -0.356 e. The summed E-state index contributed by atoms with van der Waals surface area (Å²) in [7, 11) is -3.49. The van der Waals surface area contributed by atoms with Crippen molar-refractivity contribution >= 4 is 39.1 Å². The normalized spacial score (nSPS) is 17.2. The lowest BCUT2D eigenvalue weighted by atomic mass is 9.95. The fourth-order valence-electron chi connectivity index (χ4n) is 3.66. The summed E-state index contributed by atoms with van der Waals surface area (Å²) in [6.45, 7) is 5.76. The molecular formula is C21H32Cl2N2O3S. The topological polar surface area (TPSA) is 66.5 Å². The standard InChI is InChI=1S/C21H32Cl2N2O3S/c1-3-5-6-16(4-2)14-24-21(26)17-9-11-25(12-10-17)29(27,28)15-18-7-8-19(22)13-20(18)23/h7-8,13,16-17H,3-6,9-12,14-15H2,1-2H3,(H,24,26). The summed E-state index contributed by atoms with van der Waals surface area (Å²) in [5.74, 6) is 0.292. The number of nitrogens with one attached hydrogen (secondary N) is 1. The number of carbonyl (C=O) groups is 1. The Bertz CT molecular complexity index is 778. The summed E-state index contributed by atoms with van der Waals surface area (Å²) in [5.41, 5.74) is 0.536. The van der Waals surface area contributed by atoms with Gasteiger partial charge in [0.1, 0.15) is 0 Å². The lowest BCUT2D eigenvalue weighted by Crippen LogP contribution is -2.44. The highest BCUT2D eigenvalue weighted by Gasteiger charge is 2.31. The summed E-state index contributed by atoms with van der Waals surface area (Å²) < 4.78 is 27.0. The van der Waals surface area contributed by atoms with Crippen LogP contribution < -0.4 is 5.32 Å². The average Bonchev–Trinajstić information content (AvgIpc) is 2.70. The van der Waals surface area contributed by atoms with Gasteiger partial charge in [0.2, 0.25) is 15.9 Å². The summed E-state index contributed by atoms with van der Waals surface area (Å²) in [5, 5.41) is 3.91. The number of hydrogen-bond donors (Lipinski definition) is 1. The van der Waals surface area contributed by atoms with Crippen LogP contribution in [0, 0.1) is 11.8 Å². The number of hydrogen-bond acceptors (Lipinski definition) is 3. The third-order valence-corrected chi connectivity index (χ3v) is 8.09. The monoisotopic (exact) mass is 462 g/mol. The van der Waals surface area contributed by atoms with E-state index in [1.165, 1.54) is 17.1 Å². The maximum Gasteiger partial charge on any atom is 0.223 e. The van der Waals surface area contributed by atoms with Crippen LogP contribution in [-0.2, 0) is 20.6 Å². The minimum absolute atomic E-state index is 0.0535. The van der Waals surface area contributed by atoms with E-state index < -0.39 is 10.0 Å². The number of nitrogens with zero attached hydrogens (tertiary/aromatic N) is 1. The van der Waals surface area contributed by atoms with Gasteiger partial charge in [0.25, 0.3) is 0 Å². The lowest BCUT2D eigenvalue weighted by molar-refractivity contribution is -0.126. The van der Waals surface area contributed by atoms with Crippen molar-refractivity contribution in [2.45, 2.75) is 58.1 Å². The van der Waals surface area contributed by atoms with Crippen LogP contribution in [0.4, 0.5) is 0 Å². The maximum atomic E-state index is 12.8. The van der Waals surface area contributed by atoms with Gasteiger partial charge in [0, 0.05) is 35.6 Å². The van der Waals surface area contributed by atoms with Crippen molar-refractivity contribution in [2.75, 3.05) is 19.6 Å². The van der Waals surface area contributed by atoms with Crippen molar-refractivity contribution in [2.24, 2.45) is 11.8 Å². The first-order valence-corrected chi connectivity index (χ1v) is 12.8. The molecule has 164 valence electrons. The second-order valence-electron chi connectivity index (χ2n) is 7.83. The SMILES string of the molecule is CCCCC(CC)CNC(=O)C1CCN(S(=O)(=O)Cc2ccc(Cl)cc2Cl)CC1. The van der Waals surface area contributed by atoms with Crippen molar-refractivity contribution < 1.29 is 13.2 Å². The number of sulfonamides is 1. The van der Waals surface area contributed by atoms with E-state index in [0.29, 0.717) is 54.0 Å². The van der Waals surface area contributed by atoms with Crippen LogP contribution in [0.2, 0.25) is 10.0 Å². The van der Waals surface area contributed by atoms with Gasteiger partial charge >= 0.3 is 0 Å². The molecule has 1 aromatic rings. The number of unbranched alkanes of at least 4 members (excludes halogenated alkanes) is 1. The van der Waals surface area contributed by atoms with Crippen molar-refractivity contribution in [3.8, 4) is 0 Å². The molecule has 29 heavy (non-hydrogen) atoms. The van der Waals surface area contributed by atoms with E-state index in [2.05, 4.69) is 19.2 Å². The van der Waals surface area contributed by atoms with Crippen LogP contribution in [0.15, 0.2) is 18.2 Å². The molecule has 0 saturated carbocycles. The Labute approximate surface area is 185 Å². The Balaban J connectivity index is 1.84. The van der Waals surface area contributed by atoms with Gasteiger partial charge in [-0.05, 0) is 42.9 Å². The van der Waals surface area contributed by atoms with E-state index in [-0.39, 0.29) is 17.6 Å². The molecule has 0 aliphatic carbocycles. The van der Waals surface area contributed by atoms with Gasteiger partial charge < -0.3 is 5.32 Å². The molecule has 0 radical (unpaired) electrons. The smallest absolute Gasteiger partial charge is 0.223 e. The van der Waals surface area contributed by atoms with E-state index in [0.717, 1.165) is 12.8 Å². The van der Waals surface area contributed by atoms with E-state index >= 15 is 0 Å². The number of amides is 1. The Morgan fingerprint density at radius 2 is 1.93 bits per heavy atom. The molecule has 8 heteroatoms. The summed E-state index contributed by atoms with van der Waals surface area (Å²) in [6, 6.07) is 4.83. The van der Waals surface area contributed by atoms with Gasteiger partial charge in [-0.15, -0.1) is 0 Å². The Morgan fingerprint density at radius 3 is 2.52 bits per heavy atom.